The molecule has 1 aliphatic heterocycles. The van der Waals surface area contributed by atoms with Gasteiger partial charge in [-0.05, 0) is 55.1 Å². The molecule has 0 spiro atoms. The number of imidazole rings is 1. The molecule has 0 aliphatic carbocycles. The highest BCUT2D eigenvalue weighted by atomic mass is 19.1. The van der Waals surface area contributed by atoms with Crippen molar-refractivity contribution in [3.05, 3.63) is 84.3 Å². The Kier molecular flexibility index (Phi) is 6.30. The predicted molar refractivity (Wildman–Crippen MR) is 142 cm³/mol. The third-order valence-electron chi connectivity index (χ3n) is 7.13. The van der Waals surface area contributed by atoms with Crippen LogP contribution in [-0.2, 0) is 13.1 Å². The highest BCUT2D eigenvalue weighted by molar-refractivity contribution is 5.96. The molecule has 0 amide bonds. The number of nitrogens with one attached hydrogen (secondary N) is 2. The molecular weight excluding hydrogens is 451 g/mol. The van der Waals surface area contributed by atoms with Gasteiger partial charge in [0, 0.05) is 24.2 Å². The van der Waals surface area contributed by atoms with Crippen LogP contribution in [-0.4, -0.2) is 32.6 Å². The van der Waals surface area contributed by atoms with E-state index < -0.39 is 0 Å². The third-order valence-corrected chi connectivity index (χ3v) is 7.13. The molecule has 1 saturated heterocycles. The van der Waals surface area contributed by atoms with Crippen molar-refractivity contribution in [3.8, 4) is 11.4 Å². The third kappa shape index (κ3) is 4.54. The first-order valence-corrected chi connectivity index (χ1v) is 12.7. The fourth-order valence-corrected chi connectivity index (χ4v) is 5.14. The second-order valence-corrected chi connectivity index (χ2v) is 9.44. The Bertz CT molecular complexity index is 1500. The summed E-state index contributed by atoms with van der Waals surface area (Å²) in [5, 5.41) is 9.01. The van der Waals surface area contributed by atoms with Crippen molar-refractivity contribution in [2.24, 2.45) is 5.92 Å². The molecule has 7 heteroatoms. The van der Waals surface area contributed by atoms with Crippen LogP contribution in [0, 0.1) is 11.7 Å². The quantitative estimate of drug-likeness (QED) is 0.309. The summed E-state index contributed by atoms with van der Waals surface area (Å²) in [5.41, 5.74) is 3.24. The van der Waals surface area contributed by atoms with Gasteiger partial charge in [-0.15, -0.1) is 0 Å². The summed E-state index contributed by atoms with van der Waals surface area (Å²) in [6.45, 7) is 3.32. The number of hydrogen-bond donors (Lipinski definition) is 2. The number of aromatic nitrogens is 4. The number of benzene rings is 3. The molecule has 36 heavy (non-hydrogen) atoms. The zero-order valence-electron chi connectivity index (χ0n) is 20.1. The minimum atomic E-state index is -0.240. The molecule has 182 valence electrons. The molecule has 0 radical (unpaired) electrons. The number of fused-ring (bicyclic) bond motifs is 2. The second-order valence-electron chi connectivity index (χ2n) is 9.44. The van der Waals surface area contributed by atoms with Gasteiger partial charge in [-0.3, -0.25) is 0 Å². The topological polar surface area (TPSA) is 67.7 Å². The fraction of sp³-hybridized carbons (Fsp3) is 0.276. The molecule has 0 unspecified atom stereocenters. The van der Waals surface area contributed by atoms with E-state index in [1.807, 2.05) is 6.07 Å². The van der Waals surface area contributed by atoms with Gasteiger partial charge in [-0.2, -0.15) is 4.98 Å². The van der Waals surface area contributed by atoms with Gasteiger partial charge >= 0.3 is 0 Å². The number of halogens is 1. The van der Waals surface area contributed by atoms with Gasteiger partial charge in [0.05, 0.1) is 6.20 Å². The summed E-state index contributed by atoms with van der Waals surface area (Å²) >= 11 is 0. The van der Waals surface area contributed by atoms with Crippen molar-refractivity contribution in [1.29, 1.82) is 0 Å². The maximum atomic E-state index is 14.1. The summed E-state index contributed by atoms with van der Waals surface area (Å²) in [6, 6.07) is 21.5. The van der Waals surface area contributed by atoms with Crippen LogP contribution in [0.4, 0.5) is 10.3 Å². The summed E-state index contributed by atoms with van der Waals surface area (Å²) in [4.78, 5) is 14.3. The molecule has 1 aliphatic rings. The lowest BCUT2D eigenvalue weighted by Gasteiger charge is -2.23. The summed E-state index contributed by atoms with van der Waals surface area (Å²) in [6.07, 6.45) is 5.23. The van der Waals surface area contributed by atoms with Crippen molar-refractivity contribution < 1.29 is 4.39 Å². The smallest absolute Gasteiger partial charge is 0.225 e. The van der Waals surface area contributed by atoms with Crippen LogP contribution in [0.15, 0.2) is 72.9 Å². The summed E-state index contributed by atoms with van der Waals surface area (Å²) in [7, 11) is 0. The maximum Gasteiger partial charge on any atom is 0.225 e. The van der Waals surface area contributed by atoms with Crippen molar-refractivity contribution in [2.45, 2.75) is 32.4 Å². The Morgan fingerprint density at radius 1 is 0.944 bits per heavy atom. The minimum absolute atomic E-state index is 0.240. The lowest BCUT2D eigenvalue weighted by atomic mass is 9.94. The first-order chi connectivity index (χ1) is 17.8. The van der Waals surface area contributed by atoms with Crippen LogP contribution < -0.4 is 10.6 Å². The Hall–Kier alpha value is -3.84. The number of aryl methyl sites for hydroxylation is 1. The lowest BCUT2D eigenvalue weighted by molar-refractivity contribution is 0.339. The number of piperidine rings is 1. The summed E-state index contributed by atoms with van der Waals surface area (Å²) in [5.74, 6) is 1.83. The van der Waals surface area contributed by atoms with E-state index in [0.717, 1.165) is 48.6 Å². The number of hydrogen-bond acceptors (Lipinski definition) is 5. The largest absolute Gasteiger partial charge is 0.350 e. The van der Waals surface area contributed by atoms with Gasteiger partial charge in [-0.1, -0.05) is 60.7 Å². The van der Waals surface area contributed by atoms with Crippen LogP contribution in [0.2, 0.25) is 0 Å². The molecule has 0 saturated carbocycles. The summed E-state index contributed by atoms with van der Waals surface area (Å²) < 4.78 is 16.4. The normalized spacial score (nSPS) is 14.5. The lowest BCUT2D eigenvalue weighted by Crippen LogP contribution is -2.28. The van der Waals surface area contributed by atoms with E-state index in [4.69, 9.17) is 9.97 Å². The van der Waals surface area contributed by atoms with E-state index in [1.165, 1.54) is 29.7 Å². The Morgan fingerprint density at radius 2 is 1.75 bits per heavy atom. The van der Waals surface area contributed by atoms with Crippen LogP contribution in [0.25, 0.3) is 33.3 Å². The average molecular weight is 481 g/mol. The van der Waals surface area contributed by atoms with E-state index in [0.29, 0.717) is 24.0 Å². The standard InChI is InChI=1S/C29H29FN6/c30-25-11-4-2-7-22(25)18-32-29-33-19-26-28(35-29)36(17-14-20-12-15-31-16-13-20)27(34-26)24-10-5-8-21-6-1-3-9-23(21)24/h1-11,19-20,31H,12-18H2,(H,32,33,35). The number of rotatable bonds is 7. The number of anilines is 1. The molecule has 3 heterocycles. The van der Waals surface area contributed by atoms with Crippen LogP contribution in [0.5, 0.6) is 0 Å². The van der Waals surface area contributed by atoms with Crippen molar-refractivity contribution in [1.82, 2.24) is 24.8 Å². The highest BCUT2D eigenvalue weighted by Crippen LogP contribution is 2.31. The molecule has 0 atom stereocenters. The molecule has 3 aromatic carbocycles. The van der Waals surface area contributed by atoms with E-state index >= 15 is 0 Å². The zero-order valence-corrected chi connectivity index (χ0v) is 20.1. The van der Waals surface area contributed by atoms with Gasteiger partial charge in [0.2, 0.25) is 5.95 Å². The molecule has 5 aromatic rings. The molecule has 2 aromatic heterocycles. The first-order valence-electron chi connectivity index (χ1n) is 12.7. The van der Waals surface area contributed by atoms with Gasteiger partial charge in [0.15, 0.2) is 5.65 Å². The van der Waals surface area contributed by atoms with Crippen molar-refractivity contribution in [3.63, 3.8) is 0 Å². The van der Waals surface area contributed by atoms with Gasteiger partial charge < -0.3 is 15.2 Å². The fourth-order valence-electron chi connectivity index (χ4n) is 5.14. The molecule has 6 nitrogen and oxygen atoms in total. The van der Waals surface area contributed by atoms with E-state index in [1.54, 1.807) is 18.3 Å². The molecule has 6 rings (SSSR count). The van der Waals surface area contributed by atoms with Crippen LogP contribution in [0.3, 0.4) is 0 Å². The molecule has 0 bridgehead atoms. The van der Waals surface area contributed by atoms with E-state index in [9.17, 15) is 4.39 Å². The van der Waals surface area contributed by atoms with Gasteiger partial charge in [-0.25, -0.2) is 14.4 Å². The Morgan fingerprint density at radius 3 is 2.64 bits per heavy atom. The highest BCUT2D eigenvalue weighted by Gasteiger charge is 2.19. The zero-order chi connectivity index (χ0) is 24.3. The average Bonchev–Trinajstić information content (AvgIpc) is 3.29. The Balaban J connectivity index is 1.39. The van der Waals surface area contributed by atoms with Crippen LogP contribution >= 0.6 is 0 Å². The second kappa shape index (κ2) is 10.0. The van der Waals surface area contributed by atoms with E-state index in [2.05, 4.69) is 62.6 Å². The molecular formula is C29H29FN6. The Labute approximate surface area is 209 Å². The van der Waals surface area contributed by atoms with Gasteiger partial charge in [0.1, 0.15) is 17.2 Å². The molecule has 1 fully saturated rings. The SMILES string of the molecule is Fc1ccccc1CNc1ncc2nc(-c3cccc4ccccc34)n(CCC3CCNCC3)c2n1. The van der Waals surface area contributed by atoms with Crippen LogP contribution in [0.1, 0.15) is 24.8 Å². The monoisotopic (exact) mass is 480 g/mol. The van der Waals surface area contributed by atoms with Gasteiger partial charge in [0.25, 0.3) is 0 Å². The van der Waals surface area contributed by atoms with E-state index in [-0.39, 0.29) is 5.82 Å². The predicted octanol–water partition coefficient (Wildman–Crippen LogP) is 5.79. The first kappa shape index (κ1) is 22.6. The minimum Gasteiger partial charge on any atom is -0.350 e. The maximum absolute atomic E-state index is 14.1. The molecule has 2 N–H and O–H groups in total. The number of nitrogens with zero attached hydrogens (tertiary/aromatic N) is 4. The van der Waals surface area contributed by atoms with Crippen molar-refractivity contribution >= 4 is 27.9 Å². The van der Waals surface area contributed by atoms with Crippen molar-refractivity contribution in [2.75, 3.05) is 18.4 Å².